The van der Waals surface area contributed by atoms with E-state index in [4.69, 9.17) is 16.3 Å². The number of anilines is 1. The molecule has 1 amide bonds. The third-order valence-corrected chi connectivity index (χ3v) is 6.78. The Bertz CT molecular complexity index is 1210. The van der Waals surface area contributed by atoms with Crippen molar-refractivity contribution in [3.05, 3.63) is 70.6 Å². The van der Waals surface area contributed by atoms with E-state index in [1.165, 1.54) is 11.8 Å². The molecule has 4 rings (SSSR count). The van der Waals surface area contributed by atoms with Crippen molar-refractivity contribution in [3.8, 4) is 22.1 Å². The zero-order valence-electron chi connectivity index (χ0n) is 16.8. The molecule has 4 aromatic rings. The van der Waals surface area contributed by atoms with E-state index in [9.17, 15) is 4.79 Å². The number of hydrogen-bond donors (Lipinski definition) is 1. The molecule has 0 aliphatic heterocycles. The summed E-state index contributed by atoms with van der Waals surface area (Å²) < 4.78 is 7.48. The van der Waals surface area contributed by atoms with Crippen LogP contribution in [0.3, 0.4) is 0 Å². The van der Waals surface area contributed by atoms with E-state index in [1.54, 1.807) is 24.5 Å². The average molecular weight is 471 g/mol. The van der Waals surface area contributed by atoms with Crippen molar-refractivity contribution in [2.24, 2.45) is 0 Å². The summed E-state index contributed by atoms with van der Waals surface area (Å²) in [7, 11) is 1.63. The number of para-hydroxylation sites is 2. The van der Waals surface area contributed by atoms with Gasteiger partial charge in [0, 0.05) is 10.7 Å². The van der Waals surface area contributed by atoms with Gasteiger partial charge >= 0.3 is 0 Å². The first-order valence-corrected chi connectivity index (χ1v) is 11.6. The fourth-order valence-electron chi connectivity index (χ4n) is 3.02. The second kappa shape index (κ2) is 9.55. The predicted octanol–water partition coefficient (Wildman–Crippen LogP) is 5.70. The lowest BCUT2D eigenvalue weighted by Crippen LogP contribution is -2.15. The van der Waals surface area contributed by atoms with Gasteiger partial charge in [-0.25, -0.2) is 0 Å². The molecule has 31 heavy (non-hydrogen) atoms. The van der Waals surface area contributed by atoms with Crippen molar-refractivity contribution >= 4 is 46.3 Å². The number of ether oxygens (including phenoxy) is 1. The predicted molar refractivity (Wildman–Crippen MR) is 127 cm³/mol. The molecule has 0 unspecified atom stereocenters. The lowest BCUT2D eigenvalue weighted by molar-refractivity contribution is -0.113. The Kier molecular flexibility index (Phi) is 6.60. The van der Waals surface area contributed by atoms with Gasteiger partial charge < -0.3 is 10.1 Å². The number of nitrogens with zero attached hydrogens (tertiary/aromatic N) is 3. The highest BCUT2D eigenvalue weighted by molar-refractivity contribution is 7.99. The maximum absolute atomic E-state index is 12.6. The van der Waals surface area contributed by atoms with E-state index in [2.05, 4.69) is 15.5 Å². The van der Waals surface area contributed by atoms with Gasteiger partial charge in [0.2, 0.25) is 5.91 Å². The normalized spacial score (nSPS) is 10.8. The molecule has 9 heteroatoms. The average Bonchev–Trinajstić information content (AvgIpc) is 3.45. The van der Waals surface area contributed by atoms with Crippen molar-refractivity contribution in [2.75, 3.05) is 18.2 Å². The highest BCUT2D eigenvalue weighted by atomic mass is 35.5. The SMILES string of the molecule is COc1ccccc1-n1c(SCC(=O)Nc2cccc(Cl)c2C)nnc1-c1cccs1. The molecule has 0 saturated carbocycles. The fourth-order valence-corrected chi connectivity index (χ4v) is 4.64. The number of halogens is 1. The summed E-state index contributed by atoms with van der Waals surface area (Å²) in [6, 6.07) is 17.1. The van der Waals surface area contributed by atoms with Gasteiger partial charge in [-0.1, -0.05) is 47.6 Å². The smallest absolute Gasteiger partial charge is 0.234 e. The summed E-state index contributed by atoms with van der Waals surface area (Å²) in [5.74, 6) is 1.42. The molecule has 1 N–H and O–H groups in total. The molecule has 0 radical (unpaired) electrons. The van der Waals surface area contributed by atoms with Gasteiger partial charge in [0.1, 0.15) is 5.75 Å². The minimum Gasteiger partial charge on any atom is -0.495 e. The molecule has 0 atom stereocenters. The van der Waals surface area contributed by atoms with E-state index in [0.29, 0.717) is 27.4 Å². The van der Waals surface area contributed by atoms with Crippen molar-refractivity contribution in [2.45, 2.75) is 12.1 Å². The highest BCUT2D eigenvalue weighted by Gasteiger charge is 2.20. The van der Waals surface area contributed by atoms with Crippen LogP contribution in [0.1, 0.15) is 5.56 Å². The van der Waals surface area contributed by atoms with Crippen LogP contribution < -0.4 is 10.1 Å². The lowest BCUT2D eigenvalue weighted by Gasteiger charge is -2.13. The van der Waals surface area contributed by atoms with E-state index in [-0.39, 0.29) is 11.7 Å². The Morgan fingerprint density at radius 3 is 2.77 bits per heavy atom. The standard InChI is InChI=1S/C22H19ClN4O2S2/c1-14-15(23)7-5-8-16(14)24-20(28)13-31-22-26-25-21(19-11-6-12-30-19)27(22)17-9-3-4-10-18(17)29-2/h3-12H,13H2,1-2H3,(H,24,28). The number of thioether (sulfide) groups is 1. The first kappa shape index (κ1) is 21.4. The quantitative estimate of drug-likeness (QED) is 0.351. The first-order chi connectivity index (χ1) is 15.1. The minimum absolute atomic E-state index is 0.150. The Hall–Kier alpha value is -2.81. The number of aromatic nitrogens is 3. The number of rotatable bonds is 7. The van der Waals surface area contributed by atoms with E-state index >= 15 is 0 Å². The van der Waals surface area contributed by atoms with Crippen LogP contribution in [-0.2, 0) is 4.79 Å². The first-order valence-electron chi connectivity index (χ1n) is 9.39. The summed E-state index contributed by atoms with van der Waals surface area (Å²) in [6.45, 7) is 1.87. The van der Waals surface area contributed by atoms with Crippen LogP contribution in [0.2, 0.25) is 5.02 Å². The van der Waals surface area contributed by atoms with Crippen LogP contribution in [0.25, 0.3) is 16.4 Å². The number of carbonyl (C=O) groups is 1. The lowest BCUT2D eigenvalue weighted by atomic mass is 10.2. The molecule has 158 valence electrons. The monoisotopic (exact) mass is 470 g/mol. The summed E-state index contributed by atoms with van der Waals surface area (Å²) in [6.07, 6.45) is 0. The van der Waals surface area contributed by atoms with Crippen LogP contribution in [-0.4, -0.2) is 33.5 Å². The van der Waals surface area contributed by atoms with Gasteiger partial charge in [0.05, 0.1) is 23.4 Å². The van der Waals surface area contributed by atoms with Gasteiger partial charge in [0.15, 0.2) is 11.0 Å². The topological polar surface area (TPSA) is 69.0 Å². The molecule has 0 aliphatic carbocycles. The number of methoxy groups -OCH3 is 1. The molecular formula is C22H19ClN4O2S2. The summed E-state index contributed by atoms with van der Waals surface area (Å²) in [5, 5.41) is 14.9. The maximum atomic E-state index is 12.6. The summed E-state index contributed by atoms with van der Waals surface area (Å²) >= 11 is 9.04. The molecule has 0 fully saturated rings. The van der Waals surface area contributed by atoms with Gasteiger partial charge in [-0.2, -0.15) is 0 Å². The number of nitrogens with one attached hydrogen (secondary N) is 1. The molecule has 6 nitrogen and oxygen atoms in total. The molecule has 2 aromatic heterocycles. The van der Waals surface area contributed by atoms with E-state index < -0.39 is 0 Å². The van der Waals surface area contributed by atoms with Gasteiger partial charge in [-0.15, -0.1) is 21.5 Å². The Labute approximate surface area is 193 Å². The number of carbonyl (C=O) groups excluding carboxylic acids is 1. The Balaban J connectivity index is 1.61. The zero-order chi connectivity index (χ0) is 21.8. The van der Waals surface area contributed by atoms with Crippen LogP contribution in [0.5, 0.6) is 5.75 Å². The second-order valence-electron chi connectivity index (χ2n) is 6.54. The Morgan fingerprint density at radius 2 is 2.00 bits per heavy atom. The molecule has 2 aromatic carbocycles. The summed E-state index contributed by atoms with van der Waals surface area (Å²) in [4.78, 5) is 13.6. The van der Waals surface area contributed by atoms with Crippen LogP contribution >= 0.6 is 34.7 Å². The van der Waals surface area contributed by atoms with E-state index in [0.717, 1.165) is 16.1 Å². The minimum atomic E-state index is -0.150. The van der Waals surface area contributed by atoms with Crippen LogP contribution in [0, 0.1) is 6.92 Å². The van der Waals surface area contributed by atoms with Crippen molar-refractivity contribution in [1.82, 2.24) is 14.8 Å². The van der Waals surface area contributed by atoms with Crippen molar-refractivity contribution in [3.63, 3.8) is 0 Å². The molecule has 0 bridgehead atoms. The largest absolute Gasteiger partial charge is 0.495 e. The van der Waals surface area contributed by atoms with Crippen molar-refractivity contribution < 1.29 is 9.53 Å². The number of thiophene rings is 1. The highest BCUT2D eigenvalue weighted by Crippen LogP contribution is 2.34. The zero-order valence-corrected chi connectivity index (χ0v) is 19.2. The van der Waals surface area contributed by atoms with Gasteiger partial charge in [-0.05, 0) is 48.2 Å². The summed E-state index contributed by atoms with van der Waals surface area (Å²) in [5.41, 5.74) is 2.34. The number of benzene rings is 2. The molecule has 0 aliphatic rings. The molecule has 2 heterocycles. The van der Waals surface area contributed by atoms with Gasteiger partial charge in [0.25, 0.3) is 0 Å². The fraction of sp³-hybridized carbons (Fsp3) is 0.136. The molecular weight excluding hydrogens is 452 g/mol. The van der Waals surface area contributed by atoms with E-state index in [1.807, 2.05) is 65.4 Å². The Morgan fingerprint density at radius 1 is 1.16 bits per heavy atom. The third kappa shape index (κ3) is 4.61. The number of amides is 1. The van der Waals surface area contributed by atoms with Crippen molar-refractivity contribution in [1.29, 1.82) is 0 Å². The van der Waals surface area contributed by atoms with Gasteiger partial charge in [-0.3, -0.25) is 9.36 Å². The second-order valence-corrected chi connectivity index (χ2v) is 8.84. The molecule has 0 spiro atoms. The third-order valence-electron chi connectivity index (χ3n) is 4.58. The molecule has 0 saturated heterocycles. The van der Waals surface area contributed by atoms with Crippen LogP contribution in [0.4, 0.5) is 5.69 Å². The maximum Gasteiger partial charge on any atom is 0.234 e. The number of hydrogen-bond acceptors (Lipinski definition) is 6. The van der Waals surface area contributed by atoms with Crippen LogP contribution in [0.15, 0.2) is 65.1 Å².